The lowest BCUT2D eigenvalue weighted by Gasteiger charge is -2.38. The average Bonchev–Trinajstić information content (AvgIpc) is 2.63. The number of aliphatic hydroxyl groups excluding tert-OH is 1. The van der Waals surface area contributed by atoms with Gasteiger partial charge in [-0.3, -0.25) is 4.79 Å². The van der Waals surface area contributed by atoms with E-state index in [1.807, 2.05) is 18.2 Å². The number of methoxy groups -OCH3 is 1. The van der Waals surface area contributed by atoms with Crippen molar-refractivity contribution in [2.45, 2.75) is 37.8 Å². The number of hydrogen-bond donors (Lipinski definition) is 2. The van der Waals surface area contributed by atoms with Gasteiger partial charge in [-0.25, -0.2) is 4.39 Å². The van der Waals surface area contributed by atoms with Crippen LogP contribution >= 0.6 is 11.6 Å². The summed E-state index contributed by atoms with van der Waals surface area (Å²) < 4.78 is 19.1. The first-order valence-electron chi connectivity index (χ1n) is 9.02. The predicted octanol–water partition coefficient (Wildman–Crippen LogP) is 4.05. The molecule has 0 unspecified atom stereocenters. The molecular formula is C21H23ClFNO3. The number of halogens is 2. The SMILES string of the molecule is COc1ccc([C@H](NC(=O)CCc2ccccc2Cl)C2CC(O)C2)cc1F. The topological polar surface area (TPSA) is 58.6 Å². The Morgan fingerprint density at radius 2 is 2.07 bits per heavy atom. The van der Waals surface area contributed by atoms with Gasteiger partial charge in [-0.1, -0.05) is 35.9 Å². The molecule has 1 saturated carbocycles. The standard InChI is InChI=1S/C21H23ClFNO3/c1-27-19-8-6-14(12-18(19)23)21(15-10-16(25)11-15)24-20(26)9-7-13-4-2-3-5-17(13)22/h2-6,8,12,15-16,21,25H,7,9-11H2,1H3,(H,24,26)/t15?,16?,21-/m0/s1. The zero-order chi connectivity index (χ0) is 19.4. The number of rotatable bonds is 7. The van der Waals surface area contributed by atoms with Crippen LogP contribution in [0.1, 0.15) is 36.4 Å². The van der Waals surface area contributed by atoms with Crippen molar-refractivity contribution in [3.05, 3.63) is 64.4 Å². The van der Waals surface area contributed by atoms with Gasteiger partial charge in [0.1, 0.15) is 0 Å². The Labute approximate surface area is 163 Å². The van der Waals surface area contributed by atoms with Crippen molar-refractivity contribution in [1.82, 2.24) is 5.32 Å². The Morgan fingerprint density at radius 3 is 2.70 bits per heavy atom. The van der Waals surface area contributed by atoms with Crippen molar-refractivity contribution < 1.29 is 19.0 Å². The van der Waals surface area contributed by atoms with Crippen LogP contribution in [0.3, 0.4) is 0 Å². The van der Waals surface area contributed by atoms with Crippen LogP contribution in [0.15, 0.2) is 42.5 Å². The van der Waals surface area contributed by atoms with E-state index in [0.29, 0.717) is 29.8 Å². The number of nitrogens with one attached hydrogen (secondary N) is 1. The lowest BCUT2D eigenvalue weighted by molar-refractivity contribution is -0.123. The summed E-state index contributed by atoms with van der Waals surface area (Å²) in [5.41, 5.74) is 1.59. The van der Waals surface area contributed by atoms with Crippen molar-refractivity contribution in [1.29, 1.82) is 0 Å². The lowest BCUT2D eigenvalue weighted by Crippen LogP contribution is -2.41. The van der Waals surface area contributed by atoms with E-state index in [4.69, 9.17) is 16.3 Å². The summed E-state index contributed by atoms with van der Waals surface area (Å²) in [4.78, 5) is 12.5. The van der Waals surface area contributed by atoms with Crippen molar-refractivity contribution in [2.75, 3.05) is 7.11 Å². The van der Waals surface area contributed by atoms with Crippen LogP contribution in [0.2, 0.25) is 5.02 Å². The van der Waals surface area contributed by atoms with E-state index in [9.17, 15) is 14.3 Å². The molecular weight excluding hydrogens is 369 g/mol. The lowest BCUT2D eigenvalue weighted by atomic mass is 9.75. The van der Waals surface area contributed by atoms with E-state index in [0.717, 1.165) is 5.56 Å². The number of carbonyl (C=O) groups excluding carboxylic acids is 1. The summed E-state index contributed by atoms with van der Waals surface area (Å²) in [6, 6.07) is 11.8. The van der Waals surface area contributed by atoms with Crippen LogP contribution < -0.4 is 10.1 Å². The molecule has 2 aromatic rings. The Balaban J connectivity index is 1.69. The number of amides is 1. The summed E-state index contributed by atoms with van der Waals surface area (Å²) in [7, 11) is 1.41. The van der Waals surface area contributed by atoms with Crippen molar-refractivity contribution in [2.24, 2.45) is 5.92 Å². The number of aliphatic hydroxyl groups is 1. The first-order chi connectivity index (χ1) is 13.0. The number of hydrogen-bond acceptors (Lipinski definition) is 3. The second-order valence-electron chi connectivity index (χ2n) is 6.92. The highest BCUT2D eigenvalue weighted by Crippen LogP contribution is 2.39. The zero-order valence-corrected chi connectivity index (χ0v) is 15.9. The van der Waals surface area contributed by atoms with Gasteiger partial charge in [-0.2, -0.15) is 0 Å². The Bertz CT molecular complexity index is 808. The number of carbonyl (C=O) groups is 1. The molecule has 1 amide bonds. The van der Waals surface area contributed by atoms with Crippen LogP contribution in [0.5, 0.6) is 5.75 Å². The molecule has 0 heterocycles. The Kier molecular flexibility index (Phi) is 6.34. The minimum Gasteiger partial charge on any atom is -0.494 e. The highest BCUT2D eigenvalue weighted by Gasteiger charge is 2.35. The number of benzene rings is 2. The molecule has 0 aromatic heterocycles. The molecule has 0 saturated heterocycles. The quantitative estimate of drug-likeness (QED) is 0.748. The maximum absolute atomic E-state index is 14.1. The summed E-state index contributed by atoms with van der Waals surface area (Å²) in [5.74, 6) is -0.351. The molecule has 1 aliphatic carbocycles. The van der Waals surface area contributed by atoms with Gasteiger partial charge in [0.05, 0.1) is 19.3 Å². The van der Waals surface area contributed by atoms with E-state index in [1.54, 1.807) is 18.2 Å². The molecule has 27 heavy (non-hydrogen) atoms. The molecule has 1 aliphatic rings. The van der Waals surface area contributed by atoms with Gasteiger partial charge in [0.2, 0.25) is 5.91 Å². The fraction of sp³-hybridized carbons (Fsp3) is 0.381. The van der Waals surface area contributed by atoms with Gasteiger partial charge < -0.3 is 15.2 Å². The third-order valence-electron chi connectivity index (χ3n) is 5.05. The van der Waals surface area contributed by atoms with E-state index in [1.165, 1.54) is 13.2 Å². The normalized spacial score (nSPS) is 19.9. The van der Waals surface area contributed by atoms with Crippen LogP contribution in [0, 0.1) is 11.7 Å². The van der Waals surface area contributed by atoms with E-state index >= 15 is 0 Å². The van der Waals surface area contributed by atoms with Crippen LogP contribution in [0.25, 0.3) is 0 Å². The third-order valence-corrected chi connectivity index (χ3v) is 5.42. The highest BCUT2D eigenvalue weighted by molar-refractivity contribution is 6.31. The molecule has 0 bridgehead atoms. The second-order valence-corrected chi connectivity index (χ2v) is 7.32. The Morgan fingerprint density at radius 1 is 1.33 bits per heavy atom. The molecule has 6 heteroatoms. The monoisotopic (exact) mass is 391 g/mol. The minimum atomic E-state index is -0.467. The molecule has 4 nitrogen and oxygen atoms in total. The second kappa shape index (κ2) is 8.72. The first kappa shape index (κ1) is 19.6. The van der Waals surface area contributed by atoms with Crippen molar-refractivity contribution in [3.8, 4) is 5.75 Å². The molecule has 0 radical (unpaired) electrons. The fourth-order valence-electron chi connectivity index (χ4n) is 3.45. The minimum absolute atomic E-state index is 0.0806. The van der Waals surface area contributed by atoms with E-state index < -0.39 is 5.82 Å². The predicted molar refractivity (Wildman–Crippen MR) is 102 cm³/mol. The van der Waals surface area contributed by atoms with Crippen molar-refractivity contribution in [3.63, 3.8) is 0 Å². The molecule has 3 rings (SSSR count). The van der Waals surface area contributed by atoms with Crippen molar-refractivity contribution >= 4 is 17.5 Å². The fourth-order valence-corrected chi connectivity index (χ4v) is 3.68. The largest absolute Gasteiger partial charge is 0.494 e. The van der Waals surface area contributed by atoms with E-state index in [-0.39, 0.29) is 36.1 Å². The molecule has 1 atom stereocenters. The highest BCUT2D eigenvalue weighted by atomic mass is 35.5. The maximum Gasteiger partial charge on any atom is 0.220 e. The zero-order valence-electron chi connectivity index (χ0n) is 15.1. The third kappa shape index (κ3) is 4.79. The maximum atomic E-state index is 14.1. The summed E-state index contributed by atoms with van der Waals surface area (Å²) in [5, 5.41) is 13.3. The molecule has 2 aromatic carbocycles. The first-order valence-corrected chi connectivity index (χ1v) is 9.40. The van der Waals surface area contributed by atoms with Crippen LogP contribution in [-0.2, 0) is 11.2 Å². The van der Waals surface area contributed by atoms with Gasteiger partial charge in [-0.15, -0.1) is 0 Å². The number of aryl methyl sites for hydroxylation is 1. The van der Waals surface area contributed by atoms with Crippen LogP contribution in [0.4, 0.5) is 4.39 Å². The summed E-state index contributed by atoms with van der Waals surface area (Å²) >= 11 is 6.14. The number of ether oxygens (including phenoxy) is 1. The van der Waals surface area contributed by atoms with Gasteiger partial charge >= 0.3 is 0 Å². The summed E-state index contributed by atoms with van der Waals surface area (Å²) in [6.45, 7) is 0. The molecule has 144 valence electrons. The van der Waals surface area contributed by atoms with Gasteiger partial charge in [0, 0.05) is 11.4 Å². The van der Waals surface area contributed by atoms with Gasteiger partial charge in [0.25, 0.3) is 0 Å². The van der Waals surface area contributed by atoms with Crippen LogP contribution in [-0.4, -0.2) is 24.2 Å². The smallest absolute Gasteiger partial charge is 0.220 e. The molecule has 0 spiro atoms. The molecule has 2 N–H and O–H groups in total. The molecule has 1 fully saturated rings. The van der Waals surface area contributed by atoms with Gasteiger partial charge in [-0.05, 0) is 54.5 Å². The Hall–Kier alpha value is -2.11. The molecule has 0 aliphatic heterocycles. The summed E-state index contributed by atoms with van der Waals surface area (Å²) in [6.07, 6.45) is 1.63. The van der Waals surface area contributed by atoms with Gasteiger partial charge in [0.15, 0.2) is 11.6 Å². The average molecular weight is 392 g/mol. The van der Waals surface area contributed by atoms with E-state index in [2.05, 4.69) is 5.32 Å².